The second-order valence-corrected chi connectivity index (χ2v) is 8.56. The van der Waals surface area contributed by atoms with Gasteiger partial charge in [-0.3, -0.25) is 9.59 Å². The maximum atomic E-state index is 13.0. The molecule has 2 aromatic rings. The third kappa shape index (κ3) is 7.75. The van der Waals surface area contributed by atoms with E-state index >= 15 is 0 Å². The lowest BCUT2D eigenvalue weighted by Gasteiger charge is -2.29. The first-order chi connectivity index (χ1) is 13.9. The molecule has 0 radical (unpaired) electrons. The quantitative estimate of drug-likeness (QED) is 0.421. The largest absolute Gasteiger partial charge is 0.354 e. The summed E-state index contributed by atoms with van der Waals surface area (Å²) in [6.45, 7) is 6.85. The first-order valence-corrected chi connectivity index (χ1v) is 11.3. The second kappa shape index (κ2) is 11.9. The van der Waals surface area contributed by atoms with Crippen LogP contribution in [0, 0.1) is 6.92 Å². The highest BCUT2D eigenvalue weighted by atomic mass is 35.5. The Balaban J connectivity index is 2.10. The number of benzene rings is 2. The van der Waals surface area contributed by atoms with Crippen LogP contribution in [0.1, 0.15) is 37.8 Å². The third-order valence-corrected chi connectivity index (χ3v) is 5.85. The van der Waals surface area contributed by atoms with Crippen LogP contribution in [0.15, 0.2) is 53.4 Å². The number of thioether (sulfide) groups is 1. The summed E-state index contributed by atoms with van der Waals surface area (Å²) in [5, 5.41) is 3.54. The number of hydrogen-bond acceptors (Lipinski definition) is 3. The van der Waals surface area contributed by atoms with E-state index < -0.39 is 6.04 Å². The maximum Gasteiger partial charge on any atom is 0.242 e. The van der Waals surface area contributed by atoms with Crippen molar-refractivity contribution in [2.75, 3.05) is 12.3 Å². The van der Waals surface area contributed by atoms with E-state index in [2.05, 4.69) is 12.2 Å². The van der Waals surface area contributed by atoms with Crippen LogP contribution in [-0.2, 0) is 16.1 Å². The first-order valence-electron chi connectivity index (χ1n) is 9.91. The van der Waals surface area contributed by atoms with Crippen LogP contribution in [0.25, 0.3) is 0 Å². The van der Waals surface area contributed by atoms with E-state index in [0.717, 1.165) is 23.3 Å². The summed E-state index contributed by atoms with van der Waals surface area (Å²) < 4.78 is 0. The zero-order valence-electron chi connectivity index (χ0n) is 17.3. The molecule has 1 unspecified atom stereocenters. The highest BCUT2D eigenvalue weighted by Gasteiger charge is 2.26. The highest BCUT2D eigenvalue weighted by Crippen LogP contribution is 2.21. The van der Waals surface area contributed by atoms with E-state index in [4.69, 9.17) is 11.6 Å². The molecule has 0 aliphatic carbocycles. The summed E-state index contributed by atoms with van der Waals surface area (Å²) in [5.74, 6) is 0.0683. The van der Waals surface area contributed by atoms with Gasteiger partial charge in [-0.1, -0.05) is 54.8 Å². The molecule has 1 N–H and O–H groups in total. The highest BCUT2D eigenvalue weighted by molar-refractivity contribution is 8.00. The van der Waals surface area contributed by atoms with Crippen LogP contribution in [0.4, 0.5) is 0 Å². The summed E-state index contributed by atoms with van der Waals surface area (Å²) in [6.07, 6.45) is 1.93. The fraction of sp³-hybridized carbons (Fsp3) is 0.391. The average molecular weight is 433 g/mol. The number of hydrogen-bond donors (Lipinski definition) is 1. The third-order valence-electron chi connectivity index (χ3n) is 4.62. The summed E-state index contributed by atoms with van der Waals surface area (Å²) in [4.78, 5) is 28.3. The molecule has 0 bridgehead atoms. The minimum absolute atomic E-state index is 0.0753. The van der Waals surface area contributed by atoms with Gasteiger partial charge in [-0.05, 0) is 50.1 Å². The maximum absolute atomic E-state index is 13.0. The molecular weight excluding hydrogens is 404 g/mol. The van der Waals surface area contributed by atoms with Gasteiger partial charge in [0.25, 0.3) is 0 Å². The van der Waals surface area contributed by atoms with E-state index in [0.29, 0.717) is 18.1 Å². The van der Waals surface area contributed by atoms with E-state index in [1.54, 1.807) is 17.9 Å². The van der Waals surface area contributed by atoms with Crippen molar-refractivity contribution >= 4 is 35.2 Å². The molecule has 0 saturated heterocycles. The van der Waals surface area contributed by atoms with Gasteiger partial charge in [0.05, 0.1) is 5.75 Å². The topological polar surface area (TPSA) is 49.4 Å². The van der Waals surface area contributed by atoms with Gasteiger partial charge in [0.1, 0.15) is 6.04 Å². The van der Waals surface area contributed by atoms with Gasteiger partial charge in [0.15, 0.2) is 0 Å². The molecule has 0 aromatic heterocycles. The van der Waals surface area contributed by atoms with E-state index in [-0.39, 0.29) is 17.6 Å². The molecule has 0 aliphatic rings. The van der Waals surface area contributed by atoms with Gasteiger partial charge < -0.3 is 10.2 Å². The number of nitrogens with one attached hydrogen (secondary N) is 1. The molecule has 0 heterocycles. The van der Waals surface area contributed by atoms with Crippen molar-refractivity contribution in [2.24, 2.45) is 0 Å². The molecule has 1 atom stereocenters. The predicted octanol–water partition coefficient (Wildman–Crippen LogP) is 5.07. The van der Waals surface area contributed by atoms with Crippen LogP contribution in [-0.4, -0.2) is 35.1 Å². The predicted molar refractivity (Wildman–Crippen MR) is 121 cm³/mol. The average Bonchev–Trinajstić information content (AvgIpc) is 2.71. The lowest BCUT2D eigenvalue weighted by molar-refractivity contribution is -0.138. The van der Waals surface area contributed by atoms with Crippen molar-refractivity contribution in [1.29, 1.82) is 0 Å². The van der Waals surface area contributed by atoms with E-state index in [9.17, 15) is 9.59 Å². The molecular formula is C23H29ClN2O2S. The standard InChI is InChI=1S/C23H29ClN2O2S/c1-4-5-13-25-23(28)18(3)26(15-19-7-6-8-20(24)14-19)22(27)16-29-21-11-9-17(2)10-12-21/h6-12,14,18H,4-5,13,15-16H2,1-3H3,(H,25,28). The van der Waals surface area contributed by atoms with Crippen molar-refractivity contribution in [3.8, 4) is 0 Å². The second-order valence-electron chi connectivity index (χ2n) is 7.07. The van der Waals surface area contributed by atoms with Crippen molar-refractivity contribution in [3.63, 3.8) is 0 Å². The van der Waals surface area contributed by atoms with Gasteiger partial charge >= 0.3 is 0 Å². The SMILES string of the molecule is CCCCNC(=O)C(C)N(Cc1cccc(Cl)c1)C(=O)CSc1ccc(C)cc1. The number of halogens is 1. The molecule has 2 aromatic carbocycles. The first kappa shape index (κ1) is 23.3. The normalized spacial score (nSPS) is 11.7. The molecule has 2 amide bonds. The molecule has 4 nitrogen and oxygen atoms in total. The number of unbranched alkanes of at least 4 members (excludes halogenated alkanes) is 1. The number of nitrogens with zero attached hydrogens (tertiary/aromatic N) is 1. The number of amides is 2. The Morgan fingerprint density at radius 3 is 2.55 bits per heavy atom. The Labute approximate surface area is 183 Å². The van der Waals surface area contributed by atoms with Crippen LogP contribution in [0.3, 0.4) is 0 Å². The molecule has 0 fully saturated rings. The Morgan fingerprint density at radius 2 is 1.90 bits per heavy atom. The zero-order chi connectivity index (χ0) is 21.2. The van der Waals surface area contributed by atoms with Crippen molar-refractivity contribution in [3.05, 3.63) is 64.7 Å². The molecule has 6 heteroatoms. The van der Waals surface area contributed by atoms with E-state index in [1.165, 1.54) is 17.3 Å². The van der Waals surface area contributed by atoms with E-state index in [1.807, 2.05) is 49.4 Å². The minimum atomic E-state index is -0.558. The van der Waals surface area contributed by atoms with Gasteiger partial charge in [0.2, 0.25) is 11.8 Å². The molecule has 156 valence electrons. The number of carbonyl (C=O) groups is 2. The molecule has 0 aliphatic heterocycles. The monoisotopic (exact) mass is 432 g/mol. The molecule has 29 heavy (non-hydrogen) atoms. The number of rotatable bonds is 10. The summed E-state index contributed by atoms with van der Waals surface area (Å²) in [6, 6.07) is 14.9. The van der Waals surface area contributed by atoms with Gasteiger partial charge in [-0.2, -0.15) is 0 Å². The summed E-state index contributed by atoms with van der Waals surface area (Å²) in [7, 11) is 0. The molecule has 2 rings (SSSR count). The molecule has 0 saturated carbocycles. The van der Waals surface area contributed by atoms with Gasteiger partial charge in [0, 0.05) is 23.0 Å². The Morgan fingerprint density at radius 1 is 1.17 bits per heavy atom. The fourth-order valence-corrected chi connectivity index (χ4v) is 3.81. The Bertz CT molecular complexity index is 811. The van der Waals surface area contributed by atoms with Gasteiger partial charge in [-0.25, -0.2) is 0 Å². The van der Waals surface area contributed by atoms with Crippen molar-refractivity contribution in [1.82, 2.24) is 10.2 Å². The van der Waals surface area contributed by atoms with Crippen LogP contribution >= 0.6 is 23.4 Å². The molecule has 0 spiro atoms. The summed E-state index contributed by atoms with van der Waals surface area (Å²) in [5.41, 5.74) is 2.08. The van der Waals surface area contributed by atoms with Crippen LogP contribution < -0.4 is 5.32 Å². The lowest BCUT2D eigenvalue weighted by Crippen LogP contribution is -2.48. The summed E-state index contributed by atoms with van der Waals surface area (Å²) >= 11 is 7.58. The lowest BCUT2D eigenvalue weighted by atomic mass is 10.1. The smallest absolute Gasteiger partial charge is 0.242 e. The van der Waals surface area contributed by atoms with Gasteiger partial charge in [-0.15, -0.1) is 11.8 Å². The van der Waals surface area contributed by atoms with Crippen molar-refractivity contribution in [2.45, 2.75) is 51.1 Å². The Hall–Kier alpha value is -1.98. The number of carbonyl (C=O) groups excluding carboxylic acids is 2. The van der Waals surface area contributed by atoms with Crippen LogP contribution in [0.2, 0.25) is 5.02 Å². The van der Waals surface area contributed by atoms with Crippen molar-refractivity contribution < 1.29 is 9.59 Å². The zero-order valence-corrected chi connectivity index (χ0v) is 18.9. The Kier molecular flexibility index (Phi) is 9.55. The fourth-order valence-electron chi connectivity index (χ4n) is 2.81. The number of aryl methyl sites for hydroxylation is 1. The van der Waals surface area contributed by atoms with Crippen LogP contribution in [0.5, 0.6) is 0 Å². The minimum Gasteiger partial charge on any atom is -0.354 e.